The Balaban J connectivity index is 1.77. The number of ether oxygens (including phenoxy) is 2. The molecule has 0 bridgehead atoms. The van der Waals surface area contributed by atoms with E-state index < -0.39 is 6.10 Å². The molecule has 2 rings (SSSR count). The highest BCUT2D eigenvalue weighted by Gasteiger charge is 2.16. The van der Waals surface area contributed by atoms with E-state index >= 15 is 0 Å². The summed E-state index contributed by atoms with van der Waals surface area (Å²) in [6.45, 7) is 3.07. The average molecular weight is 323 g/mol. The van der Waals surface area contributed by atoms with E-state index in [0.717, 1.165) is 24.2 Å². The zero-order chi connectivity index (χ0) is 16.5. The van der Waals surface area contributed by atoms with Gasteiger partial charge in [0.1, 0.15) is 18.5 Å². The van der Waals surface area contributed by atoms with Gasteiger partial charge in [0.2, 0.25) is 0 Å². The van der Waals surface area contributed by atoms with Crippen LogP contribution in [-0.2, 0) is 11.3 Å². The molecule has 0 aromatic heterocycles. The summed E-state index contributed by atoms with van der Waals surface area (Å²) in [4.78, 5) is 0. The van der Waals surface area contributed by atoms with Crippen molar-refractivity contribution in [2.75, 3.05) is 19.8 Å². The van der Waals surface area contributed by atoms with Gasteiger partial charge in [-0.1, -0.05) is 31.0 Å². The van der Waals surface area contributed by atoms with Crippen LogP contribution in [0.5, 0.6) is 5.75 Å². The fourth-order valence-corrected chi connectivity index (χ4v) is 2.67. The van der Waals surface area contributed by atoms with Crippen molar-refractivity contribution < 1.29 is 19.7 Å². The molecular formula is C18H29NO4. The van der Waals surface area contributed by atoms with Gasteiger partial charge in [-0.15, -0.1) is 0 Å². The largest absolute Gasteiger partial charge is 0.490 e. The van der Waals surface area contributed by atoms with Gasteiger partial charge in [0.25, 0.3) is 0 Å². The topological polar surface area (TPSA) is 71.0 Å². The van der Waals surface area contributed by atoms with E-state index in [9.17, 15) is 5.11 Å². The van der Waals surface area contributed by atoms with Crippen molar-refractivity contribution in [3.05, 3.63) is 29.8 Å². The second-order valence-electron chi connectivity index (χ2n) is 6.28. The lowest BCUT2D eigenvalue weighted by molar-refractivity contribution is 0.0429. The van der Waals surface area contributed by atoms with Crippen molar-refractivity contribution in [2.24, 2.45) is 0 Å². The van der Waals surface area contributed by atoms with E-state index in [2.05, 4.69) is 5.32 Å². The Morgan fingerprint density at radius 2 is 2.00 bits per heavy atom. The van der Waals surface area contributed by atoms with Crippen LogP contribution in [0.25, 0.3) is 0 Å². The smallest absolute Gasteiger partial charge is 0.124 e. The lowest BCUT2D eigenvalue weighted by Crippen LogP contribution is -2.38. The Bertz CT molecular complexity index is 448. The van der Waals surface area contributed by atoms with E-state index in [1.165, 1.54) is 12.8 Å². The number of aliphatic hydroxyl groups is 2. The fourth-order valence-electron chi connectivity index (χ4n) is 2.67. The normalized spacial score (nSPS) is 18.0. The molecule has 1 aliphatic rings. The van der Waals surface area contributed by atoms with Gasteiger partial charge in [-0.05, 0) is 25.8 Å². The van der Waals surface area contributed by atoms with Crippen LogP contribution >= 0.6 is 0 Å². The molecule has 1 aliphatic carbocycles. The van der Waals surface area contributed by atoms with Crippen molar-refractivity contribution in [2.45, 2.75) is 57.5 Å². The summed E-state index contributed by atoms with van der Waals surface area (Å²) in [5.74, 6) is 0.764. The number of nitrogens with one attached hydrogen (secondary N) is 1. The highest BCUT2D eigenvalue weighted by molar-refractivity contribution is 5.32. The van der Waals surface area contributed by atoms with Gasteiger partial charge in [-0.2, -0.15) is 0 Å². The minimum absolute atomic E-state index is 0.0308. The molecule has 0 spiro atoms. The van der Waals surface area contributed by atoms with Crippen LogP contribution in [0.3, 0.4) is 0 Å². The zero-order valence-electron chi connectivity index (χ0n) is 13.9. The first-order chi connectivity index (χ1) is 11.2. The molecule has 23 heavy (non-hydrogen) atoms. The maximum Gasteiger partial charge on any atom is 0.124 e. The maximum absolute atomic E-state index is 9.95. The first kappa shape index (κ1) is 18.2. The lowest BCUT2D eigenvalue weighted by Gasteiger charge is -2.18. The van der Waals surface area contributed by atoms with Gasteiger partial charge in [0.05, 0.1) is 19.3 Å². The summed E-state index contributed by atoms with van der Waals surface area (Å²) in [7, 11) is 0. The molecule has 0 amide bonds. The molecule has 3 N–H and O–H groups in total. The summed E-state index contributed by atoms with van der Waals surface area (Å²) < 4.78 is 11.7. The van der Waals surface area contributed by atoms with E-state index in [-0.39, 0.29) is 19.3 Å². The molecule has 5 heteroatoms. The molecule has 2 atom stereocenters. The molecule has 0 aliphatic heterocycles. The average Bonchev–Trinajstić information content (AvgIpc) is 3.10. The van der Waals surface area contributed by atoms with E-state index in [4.69, 9.17) is 14.6 Å². The number of rotatable bonds is 10. The van der Waals surface area contributed by atoms with E-state index in [1.807, 2.05) is 31.2 Å². The molecule has 1 fully saturated rings. The van der Waals surface area contributed by atoms with Crippen LogP contribution in [0.1, 0.15) is 38.2 Å². The zero-order valence-corrected chi connectivity index (χ0v) is 13.9. The Labute approximate surface area is 138 Å². The van der Waals surface area contributed by atoms with Gasteiger partial charge in [0, 0.05) is 18.2 Å². The predicted octanol–water partition coefficient (Wildman–Crippen LogP) is 1.86. The van der Waals surface area contributed by atoms with Crippen LogP contribution in [-0.4, -0.2) is 48.2 Å². The number of para-hydroxylation sites is 1. The quantitative estimate of drug-likeness (QED) is 0.613. The highest BCUT2D eigenvalue weighted by atomic mass is 16.5. The maximum atomic E-state index is 9.95. The molecule has 2 unspecified atom stereocenters. The van der Waals surface area contributed by atoms with Crippen molar-refractivity contribution in [3.8, 4) is 5.75 Å². The van der Waals surface area contributed by atoms with Crippen LogP contribution in [0, 0.1) is 0 Å². The van der Waals surface area contributed by atoms with Crippen LogP contribution < -0.4 is 10.1 Å². The Morgan fingerprint density at radius 3 is 2.74 bits per heavy atom. The van der Waals surface area contributed by atoms with Gasteiger partial charge in [-0.3, -0.25) is 0 Å². The second-order valence-corrected chi connectivity index (χ2v) is 6.28. The van der Waals surface area contributed by atoms with Gasteiger partial charge < -0.3 is 25.0 Å². The highest BCUT2D eigenvalue weighted by Crippen LogP contribution is 2.25. The minimum atomic E-state index is -0.618. The number of hydrogen-bond donors (Lipinski definition) is 3. The molecule has 0 radical (unpaired) electrons. The van der Waals surface area contributed by atoms with E-state index in [1.54, 1.807) is 0 Å². The standard InChI is InChI=1S/C18H29NO4/c1-14(11-20)19-10-16(21)13-23-18-9-5-2-6-15(18)12-22-17-7-3-4-8-17/h2,5-6,9,14,16-17,19-21H,3-4,7-8,10-13H2,1H3. The molecule has 1 saturated carbocycles. The number of aliphatic hydroxyl groups excluding tert-OH is 2. The van der Waals surface area contributed by atoms with Crippen molar-refractivity contribution >= 4 is 0 Å². The molecule has 130 valence electrons. The molecule has 0 heterocycles. The summed E-state index contributed by atoms with van der Waals surface area (Å²) in [6, 6.07) is 7.78. The van der Waals surface area contributed by atoms with Crippen molar-refractivity contribution in [1.29, 1.82) is 0 Å². The predicted molar refractivity (Wildman–Crippen MR) is 89.5 cm³/mol. The van der Waals surface area contributed by atoms with Crippen LogP contribution in [0.2, 0.25) is 0 Å². The third-order valence-electron chi connectivity index (χ3n) is 4.16. The summed E-state index contributed by atoms with van der Waals surface area (Å²) >= 11 is 0. The van der Waals surface area contributed by atoms with Gasteiger partial charge in [-0.25, -0.2) is 0 Å². The Morgan fingerprint density at radius 1 is 1.26 bits per heavy atom. The lowest BCUT2D eigenvalue weighted by atomic mass is 10.2. The SMILES string of the molecule is CC(CO)NCC(O)COc1ccccc1COC1CCCC1. The molecule has 5 nitrogen and oxygen atoms in total. The Hall–Kier alpha value is -1.14. The summed E-state index contributed by atoms with van der Waals surface area (Å²) in [5, 5.41) is 21.9. The molecule has 1 aromatic rings. The first-order valence-electron chi connectivity index (χ1n) is 8.53. The third-order valence-corrected chi connectivity index (χ3v) is 4.16. The van der Waals surface area contributed by atoms with E-state index in [0.29, 0.717) is 19.3 Å². The Kier molecular flexibility index (Phi) is 7.82. The van der Waals surface area contributed by atoms with Crippen LogP contribution in [0.15, 0.2) is 24.3 Å². The summed E-state index contributed by atoms with van der Waals surface area (Å²) in [6.07, 6.45) is 4.57. The second kappa shape index (κ2) is 9.88. The molecule has 0 saturated heterocycles. The van der Waals surface area contributed by atoms with Crippen LogP contribution in [0.4, 0.5) is 0 Å². The number of hydrogen-bond acceptors (Lipinski definition) is 5. The minimum Gasteiger partial charge on any atom is -0.490 e. The monoisotopic (exact) mass is 323 g/mol. The third kappa shape index (κ3) is 6.47. The van der Waals surface area contributed by atoms with Gasteiger partial charge >= 0.3 is 0 Å². The number of benzene rings is 1. The molecule has 1 aromatic carbocycles. The summed E-state index contributed by atoms with van der Waals surface area (Å²) in [5.41, 5.74) is 1.02. The van der Waals surface area contributed by atoms with Gasteiger partial charge in [0.15, 0.2) is 0 Å². The first-order valence-corrected chi connectivity index (χ1v) is 8.53. The van der Waals surface area contributed by atoms with Crippen molar-refractivity contribution in [3.63, 3.8) is 0 Å². The molecular weight excluding hydrogens is 294 g/mol. The fraction of sp³-hybridized carbons (Fsp3) is 0.667. The van der Waals surface area contributed by atoms with Crippen molar-refractivity contribution in [1.82, 2.24) is 5.32 Å².